The summed E-state index contributed by atoms with van der Waals surface area (Å²) in [6, 6.07) is 2.55. The number of ether oxygens (including phenoxy) is 2. The van der Waals surface area contributed by atoms with Crippen LogP contribution in [-0.4, -0.2) is 31.8 Å². The van der Waals surface area contributed by atoms with Gasteiger partial charge in [0.1, 0.15) is 18.0 Å². The third kappa shape index (κ3) is 2.76. The molecule has 18 heavy (non-hydrogen) atoms. The van der Waals surface area contributed by atoms with Gasteiger partial charge in [0.2, 0.25) is 0 Å². The van der Waals surface area contributed by atoms with Crippen LogP contribution in [0.25, 0.3) is 0 Å². The first-order valence-electron chi connectivity index (χ1n) is 5.53. The molecule has 0 bridgehead atoms. The monoisotopic (exact) mass is 257 g/mol. The molecule has 2 rings (SSSR count). The van der Waals surface area contributed by atoms with E-state index < -0.39 is 17.7 Å². The number of rotatable bonds is 3. The minimum atomic E-state index is -0.627. The van der Waals surface area contributed by atoms with E-state index in [1.165, 1.54) is 7.11 Å². The van der Waals surface area contributed by atoms with Crippen molar-refractivity contribution in [3.05, 3.63) is 29.8 Å². The molecule has 2 atom stereocenters. The second kappa shape index (κ2) is 5.30. The Kier molecular flexibility index (Phi) is 3.76. The zero-order chi connectivity index (χ0) is 13.1. The molecule has 0 aromatic heterocycles. The maximum absolute atomic E-state index is 13.3. The van der Waals surface area contributed by atoms with Crippen LogP contribution in [0, 0.1) is 11.6 Å². The third-order valence-electron chi connectivity index (χ3n) is 2.76. The molecular weight excluding hydrogens is 244 g/mol. The Balaban J connectivity index is 1.99. The molecule has 1 aromatic carbocycles. The summed E-state index contributed by atoms with van der Waals surface area (Å²) in [4.78, 5) is 11.3. The van der Waals surface area contributed by atoms with Gasteiger partial charge in [0.05, 0.1) is 7.11 Å². The molecule has 1 fully saturated rings. The average Bonchev–Trinajstić information content (AvgIpc) is 2.81. The highest BCUT2D eigenvalue weighted by atomic mass is 19.1. The molecule has 1 heterocycles. The molecule has 0 spiro atoms. The quantitative estimate of drug-likeness (QED) is 0.828. The van der Waals surface area contributed by atoms with Gasteiger partial charge in [-0.05, 0) is 12.1 Å². The number of benzene rings is 1. The van der Waals surface area contributed by atoms with Crippen LogP contribution in [0.2, 0.25) is 0 Å². The van der Waals surface area contributed by atoms with Crippen molar-refractivity contribution < 1.29 is 23.0 Å². The number of halogens is 2. The lowest BCUT2D eigenvalue weighted by Gasteiger charge is -2.13. The number of hydrogen-bond donors (Lipinski definition) is 1. The predicted molar refractivity (Wildman–Crippen MR) is 59.2 cm³/mol. The maximum atomic E-state index is 13.3. The van der Waals surface area contributed by atoms with Crippen LogP contribution in [0.4, 0.5) is 8.78 Å². The molecule has 0 amide bonds. The number of methoxy groups -OCH3 is 1. The van der Waals surface area contributed by atoms with Crippen LogP contribution in [0.1, 0.15) is 6.42 Å². The first kappa shape index (κ1) is 12.8. The van der Waals surface area contributed by atoms with Gasteiger partial charge in [-0.2, -0.15) is 0 Å². The smallest absolute Gasteiger partial charge is 0.323 e. The molecular formula is C12H13F2NO3. The van der Waals surface area contributed by atoms with Gasteiger partial charge in [0, 0.05) is 19.0 Å². The molecule has 6 heteroatoms. The normalized spacial score (nSPS) is 22.8. The number of carbonyl (C=O) groups is 1. The molecule has 0 radical (unpaired) electrons. The number of hydrogen-bond acceptors (Lipinski definition) is 4. The molecule has 1 aliphatic rings. The highest BCUT2D eigenvalue weighted by Crippen LogP contribution is 2.22. The summed E-state index contributed by atoms with van der Waals surface area (Å²) in [6.07, 6.45) is -0.0202. The van der Waals surface area contributed by atoms with E-state index in [2.05, 4.69) is 10.1 Å². The van der Waals surface area contributed by atoms with Crippen molar-refractivity contribution in [2.45, 2.75) is 18.6 Å². The van der Waals surface area contributed by atoms with Crippen LogP contribution in [0.3, 0.4) is 0 Å². The van der Waals surface area contributed by atoms with Crippen molar-refractivity contribution >= 4 is 5.97 Å². The standard InChI is InChI=1S/C12H13F2NO3/c1-17-12(16)10-5-8(6-15-10)18-11-4-7(13)2-3-9(11)14/h2-4,8,10,15H,5-6H2,1H3/t8-,10-/m1/s1. The molecule has 1 aromatic rings. The zero-order valence-corrected chi connectivity index (χ0v) is 9.78. The Hall–Kier alpha value is -1.69. The summed E-state index contributed by atoms with van der Waals surface area (Å²) in [6.45, 7) is 0.385. The number of nitrogens with one attached hydrogen (secondary N) is 1. The summed E-state index contributed by atoms with van der Waals surface area (Å²) in [5.74, 6) is -1.73. The highest BCUT2D eigenvalue weighted by Gasteiger charge is 2.31. The van der Waals surface area contributed by atoms with E-state index in [0.29, 0.717) is 13.0 Å². The Bertz CT molecular complexity index is 453. The zero-order valence-electron chi connectivity index (χ0n) is 9.78. The second-order valence-corrected chi connectivity index (χ2v) is 4.03. The van der Waals surface area contributed by atoms with Gasteiger partial charge in [0.25, 0.3) is 0 Å². The lowest BCUT2D eigenvalue weighted by atomic mass is 10.2. The van der Waals surface area contributed by atoms with E-state index in [0.717, 1.165) is 18.2 Å². The summed E-state index contributed by atoms with van der Waals surface area (Å²) in [7, 11) is 1.30. The van der Waals surface area contributed by atoms with E-state index in [9.17, 15) is 13.6 Å². The summed E-state index contributed by atoms with van der Waals surface area (Å²) in [5, 5.41) is 2.90. The third-order valence-corrected chi connectivity index (χ3v) is 2.76. The molecule has 1 saturated heterocycles. The van der Waals surface area contributed by atoms with Gasteiger partial charge in [-0.25, -0.2) is 8.78 Å². The molecule has 4 nitrogen and oxygen atoms in total. The van der Waals surface area contributed by atoms with E-state index in [4.69, 9.17) is 4.74 Å². The van der Waals surface area contributed by atoms with Gasteiger partial charge in [-0.3, -0.25) is 4.79 Å². The van der Waals surface area contributed by atoms with E-state index >= 15 is 0 Å². The van der Waals surface area contributed by atoms with Gasteiger partial charge < -0.3 is 14.8 Å². The molecule has 98 valence electrons. The predicted octanol–water partition coefficient (Wildman–Crippen LogP) is 1.25. The average molecular weight is 257 g/mol. The SMILES string of the molecule is COC(=O)[C@H]1C[C@@H](Oc2cc(F)ccc2F)CN1. The largest absolute Gasteiger partial charge is 0.486 e. The Morgan fingerprint density at radius 2 is 2.22 bits per heavy atom. The summed E-state index contributed by atoms with van der Waals surface area (Å²) < 4.78 is 36.2. The van der Waals surface area contributed by atoms with E-state index in [-0.39, 0.29) is 17.8 Å². The van der Waals surface area contributed by atoms with Crippen molar-refractivity contribution in [2.24, 2.45) is 0 Å². The first-order chi connectivity index (χ1) is 8.60. The minimum Gasteiger partial charge on any atom is -0.486 e. The van der Waals surface area contributed by atoms with Crippen LogP contribution in [0.5, 0.6) is 5.75 Å². The molecule has 0 saturated carbocycles. The van der Waals surface area contributed by atoms with Crippen molar-refractivity contribution in [3.8, 4) is 5.75 Å². The molecule has 0 unspecified atom stereocenters. The Labute approximate surface area is 103 Å². The fraction of sp³-hybridized carbons (Fsp3) is 0.417. The summed E-state index contributed by atoms with van der Waals surface area (Å²) >= 11 is 0. The van der Waals surface area contributed by atoms with Crippen molar-refractivity contribution in [1.82, 2.24) is 5.32 Å². The maximum Gasteiger partial charge on any atom is 0.323 e. The van der Waals surface area contributed by atoms with Gasteiger partial charge in [-0.1, -0.05) is 0 Å². The van der Waals surface area contributed by atoms with Crippen LogP contribution in [0.15, 0.2) is 18.2 Å². The van der Waals surface area contributed by atoms with Crippen LogP contribution >= 0.6 is 0 Å². The van der Waals surface area contributed by atoms with Crippen molar-refractivity contribution in [1.29, 1.82) is 0 Å². The topological polar surface area (TPSA) is 47.6 Å². The summed E-state index contributed by atoms with van der Waals surface area (Å²) in [5.41, 5.74) is 0. The van der Waals surface area contributed by atoms with Gasteiger partial charge >= 0.3 is 5.97 Å². The first-order valence-corrected chi connectivity index (χ1v) is 5.53. The van der Waals surface area contributed by atoms with Crippen LogP contribution in [-0.2, 0) is 9.53 Å². The van der Waals surface area contributed by atoms with Gasteiger partial charge in [0.15, 0.2) is 11.6 Å². The van der Waals surface area contributed by atoms with E-state index in [1.807, 2.05) is 0 Å². The lowest BCUT2D eigenvalue weighted by molar-refractivity contribution is -0.142. The fourth-order valence-electron chi connectivity index (χ4n) is 1.86. The number of esters is 1. The molecule has 1 aliphatic heterocycles. The van der Waals surface area contributed by atoms with Crippen molar-refractivity contribution in [2.75, 3.05) is 13.7 Å². The number of carbonyl (C=O) groups excluding carboxylic acids is 1. The second-order valence-electron chi connectivity index (χ2n) is 4.03. The van der Waals surface area contributed by atoms with Gasteiger partial charge in [-0.15, -0.1) is 0 Å². The minimum absolute atomic E-state index is 0.146. The lowest BCUT2D eigenvalue weighted by Crippen LogP contribution is -2.31. The Morgan fingerprint density at radius 1 is 1.44 bits per heavy atom. The van der Waals surface area contributed by atoms with E-state index in [1.54, 1.807) is 0 Å². The Morgan fingerprint density at radius 3 is 2.94 bits per heavy atom. The molecule has 0 aliphatic carbocycles. The highest BCUT2D eigenvalue weighted by molar-refractivity contribution is 5.76. The fourth-order valence-corrected chi connectivity index (χ4v) is 1.86. The molecule has 1 N–H and O–H groups in total. The van der Waals surface area contributed by atoms with Crippen LogP contribution < -0.4 is 10.1 Å². The van der Waals surface area contributed by atoms with Crippen molar-refractivity contribution in [3.63, 3.8) is 0 Å².